The number of hydrogen-bond acceptors (Lipinski definition) is 6. The molecule has 1 heterocycles. The third kappa shape index (κ3) is 5.21. The fourth-order valence-corrected chi connectivity index (χ4v) is 3.19. The molecule has 0 aliphatic heterocycles. The van der Waals surface area contributed by atoms with E-state index in [0.717, 1.165) is 5.56 Å². The molecule has 0 unspecified atom stereocenters. The Kier molecular flexibility index (Phi) is 5.93. The van der Waals surface area contributed by atoms with E-state index in [1.54, 1.807) is 41.8 Å². The zero-order chi connectivity index (χ0) is 19.2. The summed E-state index contributed by atoms with van der Waals surface area (Å²) in [5, 5.41) is 2.39. The van der Waals surface area contributed by atoms with Crippen molar-refractivity contribution in [3.8, 4) is 16.3 Å². The van der Waals surface area contributed by atoms with E-state index >= 15 is 0 Å². The van der Waals surface area contributed by atoms with Crippen molar-refractivity contribution in [2.24, 2.45) is 0 Å². The van der Waals surface area contributed by atoms with Crippen LogP contribution in [0.5, 0.6) is 5.75 Å². The third-order valence-corrected chi connectivity index (χ3v) is 4.62. The van der Waals surface area contributed by atoms with Crippen LogP contribution in [0.3, 0.4) is 0 Å². The number of hydrogen-bond donors (Lipinski definition) is 0. The molecular formula is C20H16FNO4S. The lowest BCUT2D eigenvalue weighted by molar-refractivity contribution is -0.139. The molecule has 7 heteroatoms. The van der Waals surface area contributed by atoms with Gasteiger partial charge in [-0.05, 0) is 29.8 Å². The minimum atomic E-state index is -0.452. The molecule has 27 heavy (non-hydrogen) atoms. The molecule has 0 saturated heterocycles. The summed E-state index contributed by atoms with van der Waals surface area (Å²) in [7, 11) is 1.33. The number of carbonyl (C=O) groups is 2. The monoisotopic (exact) mass is 385 g/mol. The van der Waals surface area contributed by atoms with Gasteiger partial charge in [-0.15, -0.1) is 11.3 Å². The van der Waals surface area contributed by atoms with Gasteiger partial charge in [-0.1, -0.05) is 24.3 Å². The number of methoxy groups -OCH3 is 1. The largest absolute Gasteiger partial charge is 0.469 e. The van der Waals surface area contributed by atoms with E-state index < -0.39 is 5.97 Å². The Morgan fingerprint density at radius 1 is 1.07 bits per heavy atom. The van der Waals surface area contributed by atoms with Crippen molar-refractivity contribution in [2.75, 3.05) is 7.11 Å². The molecule has 3 aromatic rings. The van der Waals surface area contributed by atoms with E-state index in [1.165, 1.54) is 30.6 Å². The highest BCUT2D eigenvalue weighted by Gasteiger charge is 2.12. The van der Waals surface area contributed by atoms with E-state index in [4.69, 9.17) is 4.74 Å². The Hall–Kier alpha value is -3.06. The van der Waals surface area contributed by atoms with Crippen molar-refractivity contribution in [2.45, 2.75) is 12.8 Å². The van der Waals surface area contributed by atoms with Crippen LogP contribution in [-0.2, 0) is 27.2 Å². The average Bonchev–Trinajstić information content (AvgIpc) is 3.11. The maximum absolute atomic E-state index is 13.3. The smallest absolute Gasteiger partial charge is 0.317 e. The van der Waals surface area contributed by atoms with Gasteiger partial charge in [0.1, 0.15) is 16.6 Å². The average molecular weight is 385 g/mol. The van der Waals surface area contributed by atoms with Crippen LogP contribution in [0.1, 0.15) is 11.3 Å². The van der Waals surface area contributed by atoms with Gasteiger partial charge in [0.15, 0.2) is 0 Å². The minimum Gasteiger partial charge on any atom is -0.469 e. The van der Waals surface area contributed by atoms with E-state index in [1.807, 2.05) is 0 Å². The first kappa shape index (κ1) is 18.7. The molecular weight excluding hydrogens is 369 g/mol. The van der Waals surface area contributed by atoms with Gasteiger partial charge in [0, 0.05) is 10.9 Å². The summed E-state index contributed by atoms with van der Waals surface area (Å²) in [6.07, 6.45) is 0.169. The van der Waals surface area contributed by atoms with Gasteiger partial charge in [-0.25, -0.2) is 9.37 Å². The predicted molar refractivity (Wildman–Crippen MR) is 99.0 cm³/mol. The van der Waals surface area contributed by atoms with Gasteiger partial charge in [-0.2, -0.15) is 0 Å². The number of nitrogens with zero attached hydrogens (tertiary/aromatic N) is 1. The second-order valence-corrected chi connectivity index (χ2v) is 6.56. The maximum atomic E-state index is 13.3. The summed E-state index contributed by atoms with van der Waals surface area (Å²) in [6, 6.07) is 12.8. The van der Waals surface area contributed by atoms with Crippen LogP contribution in [0.15, 0.2) is 53.9 Å². The molecule has 0 amide bonds. The Balaban J connectivity index is 1.59. The van der Waals surface area contributed by atoms with Gasteiger partial charge in [0.05, 0.1) is 25.6 Å². The highest BCUT2D eigenvalue weighted by Crippen LogP contribution is 2.24. The number of thiazole rings is 1. The SMILES string of the molecule is COC(=O)Cc1ccc(OC(=O)Cc2csc(-c3cccc(F)c3)n2)cc1. The number of rotatable bonds is 6. The van der Waals surface area contributed by atoms with E-state index in [9.17, 15) is 14.0 Å². The van der Waals surface area contributed by atoms with Crippen LogP contribution in [-0.4, -0.2) is 24.0 Å². The summed E-state index contributed by atoms with van der Waals surface area (Å²) in [4.78, 5) is 27.7. The highest BCUT2D eigenvalue weighted by atomic mass is 32.1. The fourth-order valence-electron chi connectivity index (χ4n) is 2.37. The topological polar surface area (TPSA) is 65.5 Å². The molecule has 138 valence electrons. The number of carbonyl (C=O) groups excluding carboxylic acids is 2. The van der Waals surface area contributed by atoms with Crippen LogP contribution in [0.25, 0.3) is 10.6 Å². The lowest BCUT2D eigenvalue weighted by atomic mass is 10.1. The lowest BCUT2D eigenvalue weighted by Crippen LogP contribution is -2.11. The van der Waals surface area contributed by atoms with E-state index in [-0.39, 0.29) is 24.6 Å². The molecule has 1 aromatic heterocycles. The minimum absolute atomic E-state index is 0.00965. The van der Waals surface area contributed by atoms with Gasteiger partial charge >= 0.3 is 11.9 Å². The molecule has 0 aliphatic rings. The van der Waals surface area contributed by atoms with Crippen LogP contribution >= 0.6 is 11.3 Å². The van der Waals surface area contributed by atoms with Crippen molar-refractivity contribution < 1.29 is 23.5 Å². The molecule has 0 radical (unpaired) electrons. The van der Waals surface area contributed by atoms with Crippen LogP contribution < -0.4 is 4.74 Å². The number of ether oxygens (including phenoxy) is 2. The Morgan fingerprint density at radius 3 is 2.56 bits per heavy atom. The van der Waals surface area contributed by atoms with Gasteiger partial charge in [0.25, 0.3) is 0 Å². The Morgan fingerprint density at radius 2 is 1.85 bits per heavy atom. The predicted octanol–water partition coefficient (Wildman–Crippen LogP) is 3.81. The van der Waals surface area contributed by atoms with Crippen LogP contribution in [0, 0.1) is 5.82 Å². The molecule has 5 nitrogen and oxygen atoms in total. The zero-order valence-corrected chi connectivity index (χ0v) is 15.3. The second-order valence-electron chi connectivity index (χ2n) is 5.70. The first-order valence-electron chi connectivity index (χ1n) is 8.10. The molecule has 0 fully saturated rings. The first-order chi connectivity index (χ1) is 13.0. The van der Waals surface area contributed by atoms with Crippen LogP contribution in [0.4, 0.5) is 4.39 Å². The standard InChI is InChI=1S/C20H16FNO4S/c1-25-18(23)9-13-5-7-17(8-6-13)26-19(24)11-16-12-27-20(22-16)14-3-2-4-15(21)10-14/h2-8,10,12H,9,11H2,1H3. The fraction of sp³-hybridized carbons (Fsp3) is 0.150. The van der Waals surface area contributed by atoms with Gasteiger partial charge in [0.2, 0.25) is 0 Å². The summed E-state index contributed by atoms with van der Waals surface area (Å²) in [5.74, 6) is -0.738. The third-order valence-electron chi connectivity index (χ3n) is 3.68. The van der Waals surface area contributed by atoms with E-state index in [2.05, 4.69) is 9.72 Å². The summed E-state index contributed by atoms with van der Waals surface area (Å²) >= 11 is 1.34. The molecule has 0 N–H and O–H groups in total. The maximum Gasteiger partial charge on any atom is 0.317 e. The molecule has 3 rings (SSSR count). The van der Waals surface area contributed by atoms with Crippen molar-refractivity contribution in [1.29, 1.82) is 0 Å². The van der Waals surface area contributed by atoms with E-state index in [0.29, 0.717) is 22.0 Å². The molecule has 0 atom stereocenters. The number of benzene rings is 2. The summed E-state index contributed by atoms with van der Waals surface area (Å²) in [6.45, 7) is 0. The molecule has 2 aromatic carbocycles. The van der Waals surface area contributed by atoms with Gasteiger partial charge in [-0.3, -0.25) is 9.59 Å². The number of halogens is 1. The Labute approximate surface area is 159 Å². The molecule has 0 saturated carbocycles. The molecule has 0 spiro atoms. The normalized spacial score (nSPS) is 10.4. The van der Waals surface area contributed by atoms with Crippen molar-refractivity contribution in [3.05, 3.63) is 71.0 Å². The van der Waals surface area contributed by atoms with Crippen LogP contribution in [0.2, 0.25) is 0 Å². The van der Waals surface area contributed by atoms with Gasteiger partial charge < -0.3 is 9.47 Å². The zero-order valence-electron chi connectivity index (χ0n) is 14.5. The lowest BCUT2D eigenvalue weighted by Gasteiger charge is -2.05. The second kappa shape index (κ2) is 8.55. The first-order valence-corrected chi connectivity index (χ1v) is 8.98. The quantitative estimate of drug-likeness (QED) is 0.477. The molecule has 0 aliphatic carbocycles. The summed E-state index contributed by atoms with van der Waals surface area (Å²) in [5.41, 5.74) is 1.99. The number of esters is 2. The summed E-state index contributed by atoms with van der Waals surface area (Å²) < 4.78 is 23.2. The highest BCUT2D eigenvalue weighted by molar-refractivity contribution is 7.13. The van der Waals surface area contributed by atoms with Crippen molar-refractivity contribution in [3.63, 3.8) is 0 Å². The van der Waals surface area contributed by atoms with Crippen molar-refractivity contribution in [1.82, 2.24) is 4.98 Å². The Bertz CT molecular complexity index is 953. The van der Waals surface area contributed by atoms with Crippen molar-refractivity contribution >= 4 is 23.3 Å². The number of aromatic nitrogens is 1. The molecule has 0 bridgehead atoms.